The Kier molecular flexibility index (Phi) is 3.36. The first kappa shape index (κ1) is 11.0. The van der Waals surface area contributed by atoms with Gasteiger partial charge < -0.3 is 5.32 Å². The first-order valence-corrected chi connectivity index (χ1v) is 6.54. The summed E-state index contributed by atoms with van der Waals surface area (Å²) in [6.07, 6.45) is 2.65. The highest BCUT2D eigenvalue weighted by molar-refractivity contribution is 7.11. The predicted octanol–water partition coefficient (Wildman–Crippen LogP) is 2.55. The smallest absolute Gasteiger partial charge is 0.131 e. The van der Waals surface area contributed by atoms with Gasteiger partial charge in [0.2, 0.25) is 0 Å². The molecule has 0 amide bonds. The van der Waals surface area contributed by atoms with E-state index in [-0.39, 0.29) is 0 Å². The number of rotatable bonds is 5. The van der Waals surface area contributed by atoms with Crippen LogP contribution in [0.15, 0.2) is 0 Å². The normalized spacial score (nSPS) is 18.4. The maximum Gasteiger partial charge on any atom is 0.131 e. The Labute approximate surface area is 95.3 Å². The zero-order valence-electron chi connectivity index (χ0n) is 9.66. The molecule has 3 nitrogen and oxygen atoms in total. The monoisotopic (exact) mass is 225 g/mol. The highest BCUT2D eigenvalue weighted by Crippen LogP contribution is 2.26. The molecule has 1 aromatic rings. The quantitative estimate of drug-likeness (QED) is 0.837. The fourth-order valence-electron chi connectivity index (χ4n) is 1.33. The molecule has 0 radical (unpaired) electrons. The second kappa shape index (κ2) is 4.58. The van der Waals surface area contributed by atoms with Gasteiger partial charge in [0.05, 0.1) is 0 Å². The second-order valence-electron chi connectivity index (χ2n) is 4.72. The Morgan fingerprint density at radius 3 is 2.67 bits per heavy atom. The lowest BCUT2D eigenvalue weighted by Crippen LogP contribution is -2.14. The molecule has 0 bridgehead atoms. The van der Waals surface area contributed by atoms with E-state index in [4.69, 9.17) is 0 Å². The topological polar surface area (TPSA) is 37.8 Å². The maximum absolute atomic E-state index is 4.26. The van der Waals surface area contributed by atoms with Crippen LogP contribution in [-0.4, -0.2) is 16.2 Å². The molecule has 1 aliphatic carbocycles. The minimum absolute atomic E-state index is 0.525. The minimum Gasteiger partial charge on any atom is -0.308 e. The fraction of sp³-hybridized carbons (Fsp3) is 0.818. The molecule has 2 rings (SSSR count). The summed E-state index contributed by atoms with van der Waals surface area (Å²) < 4.78 is 0. The third-order valence-electron chi connectivity index (χ3n) is 2.99. The highest BCUT2D eigenvalue weighted by Gasteiger charge is 2.21. The van der Waals surface area contributed by atoms with Gasteiger partial charge in [-0.15, -0.1) is 10.2 Å². The van der Waals surface area contributed by atoms with E-state index in [9.17, 15) is 0 Å². The summed E-state index contributed by atoms with van der Waals surface area (Å²) in [6, 6.07) is 0.750. The van der Waals surface area contributed by atoms with Crippen molar-refractivity contribution in [2.45, 2.75) is 52.1 Å². The Balaban J connectivity index is 1.90. The van der Waals surface area contributed by atoms with Crippen molar-refractivity contribution in [2.75, 3.05) is 0 Å². The first-order valence-electron chi connectivity index (χ1n) is 5.72. The van der Waals surface area contributed by atoms with Crippen molar-refractivity contribution in [1.82, 2.24) is 15.5 Å². The summed E-state index contributed by atoms with van der Waals surface area (Å²) in [7, 11) is 0. The molecule has 0 saturated heterocycles. The van der Waals surface area contributed by atoms with E-state index in [1.165, 1.54) is 17.8 Å². The van der Waals surface area contributed by atoms with Gasteiger partial charge >= 0.3 is 0 Å². The van der Waals surface area contributed by atoms with Gasteiger partial charge in [-0.2, -0.15) is 0 Å². The molecule has 0 aliphatic heterocycles. The molecule has 4 heteroatoms. The van der Waals surface area contributed by atoms with Crippen LogP contribution in [-0.2, 0) is 6.54 Å². The van der Waals surface area contributed by atoms with Crippen LogP contribution in [0.1, 0.15) is 49.5 Å². The van der Waals surface area contributed by atoms with Gasteiger partial charge in [-0.25, -0.2) is 0 Å². The van der Waals surface area contributed by atoms with Gasteiger partial charge in [-0.1, -0.05) is 32.1 Å². The van der Waals surface area contributed by atoms with Crippen molar-refractivity contribution in [3.05, 3.63) is 10.0 Å². The van der Waals surface area contributed by atoms with Gasteiger partial charge in [-0.3, -0.25) is 0 Å². The van der Waals surface area contributed by atoms with Crippen LogP contribution in [0.3, 0.4) is 0 Å². The Bertz CT molecular complexity index is 317. The lowest BCUT2D eigenvalue weighted by atomic mass is 9.99. The number of nitrogens with zero attached hydrogens (tertiary/aromatic N) is 2. The van der Waals surface area contributed by atoms with Gasteiger partial charge in [0, 0.05) is 18.5 Å². The molecular weight excluding hydrogens is 206 g/mol. The van der Waals surface area contributed by atoms with E-state index >= 15 is 0 Å². The number of hydrogen-bond donors (Lipinski definition) is 1. The first-order chi connectivity index (χ1) is 7.16. The Hall–Kier alpha value is -0.480. The zero-order valence-corrected chi connectivity index (χ0v) is 10.5. The second-order valence-corrected chi connectivity index (χ2v) is 5.82. The summed E-state index contributed by atoms with van der Waals surface area (Å²) in [4.78, 5) is 0. The van der Waals surface area contributed by atoms with Crippen LogP contribution in [0.2, 0.25) is 0 Å². The minimum atomic E-state index is 0.525. The van der Waals surface area contributed by atoms with Crippen molar-refractivity contribution in [1.29, 1.82) is 0 Å². The Morgan fingerprint density at radius 2 is 2.07 bits per heavy atom. The van der Waals surface area contributed by atoms with Crippen LogP contribution in [0.5, 0.6) is 0 Å². The summed E-state index contributed by atoms with van der Waals surface area (Å²) in [5.74, 6) is 1.17. The van der Waals surface area contributed by atoms with E-state index in [2.05, 4.69) is 36.3 Å². The van der Waals surface area contributed by atoms with Crippen molar-refractivity contribution in [3.8, 4) is 0 Å². The lowest BCUT2D eigenvalue weighted by Gasteiger charge is -2.10. The predicted molar refractivity (Wildman–Crippen MR) is 63.0 cm³/mol. The summed E-state index contributed by atoms with van der Waals surface area (Å²) >= 11 is 1.75. The molecule has 1 atom stereocenters. The molecule has 0 spiro atoms. The van der Waals surface area contributed by atoms with Gasteiger partial charge in [0.25, 0.3) is 0 Å². The molecule has 1 N–H and O–H groups in total. The largest absolute Gasteiger partial charge is 0.308 e. The highest BCUT2D eigenvalue weighted by atomic mass is 32.1. The molecular formula is C11H19N3S. The fourth-order valence-corrected chi connectivity index (χ4v) is 2.34. The summed E-state index contributed by atoms with van der Waals surface area (Å²) in [5, 5.41) is 14.3. The van der Waals surface area contributed by atoms with E-state index < -0.39 is 0 Å². The number of aromatic nitrogens is 2. The van der Waals surface area contributed by atoms with Crippen molar-refractivity contribution < 1.29 is 0 Å². The SMILES string of the molecule is CC(C)C(C)c1nnc(CNC2CC2)s1. The average Bonchev–Trinajstić information content (AvgIpc) is 2.92. The third-order valence-corrected chi connectivity index (χ3v) is 4.12. The van der Waals surface area contributed by atoms with Crippen LogP contribution < -0.4 is 5.32 Å². The van der Waals surface area contributed by atoms with Gasteiger partial charge in [-0.05, 0) is 18.8 Å². The molecule has 1 aliphatic rings. The van der Waals surface area contributed by atoms with Crippen LogP contribution in [0.25, 0.3) is 0 Å². The van der Waals surface area contributed by atoms with Crippen molar-refractivity contribution in [2.24, 2.45) is 5.92 Å². The summed E-state index contributed by atoms with van der Waals surface area (Å²) in [5.41, 5.74) is 0. The molecule has 1 heterocycles. The van der Waals surface area contributed by atoms with E-state index in [0.717, 1.165) is 17.6 Å². The molecule has 1 saturated carbocycles. The van der Waals surface area contributed by atoms with Gasteiger partial charge in [0.1, 0.15) is 10.0 Å². The Morgan fingerprint density at radius 1 is 1.33 bits per heavy atom. The maximum atomic E-state index is 4.26. The number of nitrogens with one attached hydrogen (secondary N) is 1. The van der Waals surface area contributed by atoms with E-state index in [1.807, 2.05) is 0 Å². The summed E-state index contributed by atoms with van der Waals surface area (Å²) in [6.45, 7) is 7.58. The zero-order chi connectivity index (χ0) is 10.8. The molecule has 1 unspecified atom stereocenters. The molecule has 1 aromatic heterocycles. The van der Waals surface area contributed by atoms with Gasteiger partial charge in [0.15, 0.2) is 0 Å². The van der Waals surface area contributed by atoms with Crippen LogP contribution >= 0.6 is 11.3 Å². The third kappa shape index (κ3) is 2.98. The van der Waals surface area contributed by atoms with E-state index in [0.29, 0.717) is 11.8 Å². The number of hydrogen-bond acceptors (Lipinski definition) is 4. The van der Waals surface area contributed by atoms with Crippen LogP contribution in [0, 0.1) is 5.92 Å². The standard InChI is InChI=1S/C11H19N3S/c1-7(2)8(3)11-14-13-10(15-11)6-12-9-4-5-9/h7-9,12H,4-6H2,1-3H3. The molecule has 84 valence electrons. The van der Waals surface area contributed by atoms with Crippen molar-refractivity contribution in [3.63, 3.8) is 0 Å². The van der Waals surface area contributed by atoms with Crippen LogP contribution in [0.4, 0.5) is 0 Å². The molecule has 0 aromatic carbocycles. The molecule has 1 fully saturated rings. The lowest BCUT2D eigenvalue weighted by molar-refractivity contribution is 0.529. The molecule has 15 heavy (non-hydrogen) atoms. The van der Waals surface area contributed by atoms with E-state index in [1.54, 1.807) is 11.3 Å². The average molecular weight is 225 g/mol. The van der Waals surface area contributed by atoms with Crippen molar-refractivity contribution >= 4 is 11.3 Å².